The number of hydrogen-bond acceptors (Lipinski definition) is 4. The molecule has 2 fully saturated rings. The first-order valence-corrected chi connectivity index (χ1v) is 5.34. The van der Waals surface area contributed by atoms with Gasteiger partial charge >= 0.3 is 0 Å². The number of carbonyl (C=O) groups excluding carboxylic acids is 3. The number of furan rings is 1. The van der Waals surface area contributed by atoms with Crippen LogP contribution in [0.4, 0.5) is 0 Å². The molecule has 17 heavy (non-hydrogen) atoms. The maximum absolute atomic E-state index is 11.9. The Morgan fingerprint density at radius 3 is 2.47 bits per heavy atom. The van der Waals surface area contributed by atoms with E-state index in [2.05, 4.69) is 5.32 Å². The molecule has 88 valence electrons. The van der Waals surface area contributed by atoms with Gasteiger partial charge in [-0.05, 0) is 12.1 Å². The third kappa shape index (κ3) is 1.44. The summed E-state index contributed by atoms with van der Waals surface area (Å²) in [7, 11) is 0. The van der Waals surface area contributed by atoms with Crippen molar-refractivity contribution in [2.24, 2.45) is 11.8 Å². The zero-order chi connectivity index (χ0) is 12.0. The van der Waals surface area contributed by atoms with Gasteiger partial charge in [-0.2, -0.15) is 0 Å². The van der Waals surface area contributed by atoms with Gasteiger partial charge in [0.05, 0.1) is 18.1 Å². The van der Waals surface area contributed by atoms with Gasteiger partial charge in [-0.1, -0.05) is 0 Å². The van der Waals surface area contributed by atoms with E-state index in [9.17, 15) is 14.4 Å². The molecule has 1 aromatic rings. The molecule has 3 amide bonds. The first kappa shape index (κ1) is 10.1. The van der Waals surface area contributed by atoms with Gasteiger partial charge in [0, 0.05) is 13.1 Å². The molecule has 1 N–H and O–H groups in total. The fraction of sp³-hybridized carbons (Fsp3) is 0.364. The van der Waals surface area contributed by atoms with Gasteiger partial charge in [0.15, 0.2) is 5.76 Å². The number of nitrogens with one attached hydrogen (secondary N) is 1. The minimum Gasteiger partial charge on any atom is -0.459 e. The Hall–Kier alpha value is -2.11. The van der Waals surface area contributed by atoms with E-state index in [0.717, 1.165) is 0 Å². The molecule has 2 atom stereocenters. The van der Waals surface area contributed by atoms with Crippen LogP contribution in [0.2, 0.25) is 0 Å². The fourth-order valence-electron chi connectivity index (χ4n) is 2.36. The van der Waals surface area contributed by atoms with E-state index in [-0.39, 0.29) is 36.6 Å². The van der Waals surface area contributed by atoms with E-state index in [0.29, 0.717) is 0 Å². The molecule has 0 unspecified atom stereocenters. The number of carbonyl (C=O) groups is 3. The molecular formula is C11H10N2O4. The van der Waals surface area contributed by atoms with Crippen molar-refractivity contribution >= 4 is 17.7 Å². The van der Waals surface area contributed by atoms with Crippen LogP contribution in [0.15, 0.2) is 22.8 Å². The van der Waals surface area contributed by atoms with Crippen molar-refractivity contribution in [3.8, 4) is 0 Å². The summed E-state index contributed by atoms with van der Waals surface area (Å²) < 4.78 is 5.01. The monoisotopic (exact) mass is 234 g/mol. The Morgan fingerprint density at radius 2 is 1.94 bits per heavy atom. The summed E-state index contributed by atoms with van der Waals surface area (Å²) in [5.74, 6) is -1.41. The molecule has 3 rings (SSSR count). The van der Waals surface area contributed by atoms with Gasteiger partial charge < -0.3 is 9.32 Å². The molecule has 2 saturated heterocycles. The molecule has 6 nitrogen and oxygen atoms in total. The number of nitrogens with zero attached hydrogens (tertiary/aromatic N) is 1. The Kier molecular flexibility index (Phi) is 2.04. The second kappa shape index (κ2) is 3.44. The molecule has 1 aromatic heterocycles. The molecule has 0 spiro atoms. The number of imide groups is 1. The van der Waals surface area contributed by atoms with Crippen LogP contribution in [-0.2, 0) is 9.59 Å². The van der Waals surface area contributed by atoms with E-state index in [4.69, 9.17) is 4.42 Å². The zero-order valence-corrected chi connectivity index (χ0v) is 8.88. The van der Waals surface area contributed by atoms with Crippen molar-refractivity contribution in [3.05, 3.63) is 24.2 Å². The maximum atomic E-state index is 11.9. The highest BCUT2D eigenvalue weighted by molar-refractivity contribution is 6.06. The molecule has 0 bridgehead atoms. The largest absolute Gasteiger partial charge is 0.459 e. The average Bonchev–Trinajstić information content (AvgIpc) is 3.00. The van der Waals surface area contributed by atoms with E-state index >= 15 is 0 Å². The van der Waals surface area contributed by atoms with Crippen LogP contribution in [0.1, 0.15) is 10.6 Å². The summed E-state index contributed by atoms with van der Waals surface area (Å²) in [6.45, 7) is 0.559. The number of likely N-dealkylation sites (tertiary alicyclic amines) is 1. The summed E-state index contributed by atoms with van der Waals surface area (Å²) in [6.07, 6.45) is 1.42. The molecule has 6 heteroatoms. The molecule has 0 saturated carbocycles. The number of hydrogen-bond donors (Lipinski definition) is 1. The Balaban J connectivity index is 1.79. The smallest absolute Gasteiger partial charge is 0.289 e. The van der Waals surface area contributed by atoms with Crippen LogP contribution in [0.3, 0.4) is 0 Å². The van der Waals surface area contributed by atoms with Gasteiger partial charge in [0.1, 0.15) is 0 Å². The van der Waals surface area contributed by atoms with E-state index in [1.165, 1.54) is 11.2 Å². The molecular weight excluding hydrogens is 224 g/mol. The van der Waals surface area contributed by atoms with Gasteiger partial charge in [-0.15, -0.1) is 0 Å². The van der Waals surface area contributed by atoms with E-state index < -0.39 is 11.8 Å². The van der Waals surface area contributed by atoms with Crippen LogP contribution in [-0.4, -0.2) is 35.7 Å². The minimum atomic E-state index is -0.401. The van der Waals surface area contributed by atoms with E-state index in [1.54, 1.807) is 12.1 Å². The highest BCUT2D eigenvalue weighted by atomic mass is 16.3. The molecule has 3 heterocycles. The molecule has 0 radical (unpaired) electrons. The predicted octanol–water partition coefficient (Wildman–Crippen LogP) is -0.376. The van der Waals surface area contributed by atoms with Gasteiger partial charge in [-0.3, -0.25) is 19.7 Å². The highest BCUT2D eigenvalue weighted by Crippen LogP contribution is 2.29. The molecule has 2 aliphatic rings. The molecule has 2 aliphatic heterocycles. The number of amides is 3. The minimum absolute atomic E-state index is 0.234. The van der Waals surface area contributed by atoms with Crippen LogP contribution >= 0.6 is 0 Å². The first-order valence-electron chi connectivity index (χ1n) is 5.34. The van der Waals surface area contributed by atoms with Crippen molar-refractivity contribution < 1.29 is 18.8 Å². The van der Waals surface area contributed by atoms with Crippen LogP contribution < -0.4 is 5.32 Å². The zero-order valence-electron chi connectivity index (χ0n) is 8.88. The van der Waals surface area contributed by atoms with Crippen molar-refractivity contribution in [2.75, 3.05) is 13.1 Å². The topological polar surface area (TPSA) is 79.6 Å². The summed E-state index contributed by atoms with van der Waals surface area (Å²) in [6, 6.07) is 3.19. The second-order valence-corrected chi connectivity index (χ2v) is 4.25. The lowest BCUT2D eigenvalue weighted by atomic mass is 10.00. The normalized spacial score (nSPS) is 27.2. The molecule has 0 aromatic carbocycles. The lowest BCUT2D eigenvalue weighted by Crippen LogP contribution is -2.34. The van der Waals surface area contributed by atoms with Crippen molar-refractivity contribution in [1.29, 1.82) is 0 Å². The fourth-order valence-corrected chi connectivity index (χ4v) is 2.36. The van der Waals surface area contributed by atoms with Crippen molar-refractivity contribution in [2.45, 2.75) is 0 Å². The van der Waals surface area contributed by atoms with Gasteiger partial charge in [0.2, 0.25) is 11.8 Å². The maximum Gasteiger partial charge on any atom is 0.289 e. The van der Waals surface area contributed by atoms with Crippen LogP contribution in [0, 0.1) is 11.8 Å². The Morgan fingerprint density at radius 1 is 1.29 bits per heavy atom. The lowest BCUT2D eigenvalue weighted by Gasteiger charge is -2.15. The van der Waals surface area contributed by atoms with Gasteiger partial charge in [0.25, 0.3) is 5.91 Å². The average molecular weight is 234 g/mol. The quantitative estimate of drug-likeness (QED) is 0.672. The third-order valence-electron chi connectivity index (χ3n) is 3.26. The highest BCUT2D eigenvalue weighted by Gasteiger charge is 2.49. The summed E-state index contributed by atoms with van der Waals surface area (Å²) >= 11 is 0. The van der Waals surface area contributed by atoms with Crippen molar-refractivity contribution in [1.82, 2.24) is 10.2 Å². The SMILES string of the molecule is O=C1NC(=O)[C@@H]2CN(C(=O)c3ccco3)C[C@H]12. The first-order chi connectivity index (χ1) is 8.16. The number of rotatable bonds is 1. The second-order valence-electron chi connectivity index (χ2n) is 4.25. The predicted molar refractivity (Wildman–Crippen MR) is 54.7 cm³/mol. The standard InChI is InChI=1S/C11H10N2O4/c14-9-6-4-13(5-7(6)10(15)12-9)11(16)8-2-1-3-17-8/h1-3,6-7H,4-5H2,(H,12,14,15)/t6-,7+. The van der Waals surface area contributed by atoms with Crippen LogP contribution in [0.25, 0.3) is 0 Å². The van der Waals surface area contributed by atoms with Crippen LogP contribution in [0.5, 0.6) is 0 Å². The Labute approximate surface area is 96.6 Å². The Bertz CT molecular complexity index is 472. The molecule has 0 aliphatic carbocycles. The summed E-state index contributed by atoms with van der Waals surface area (Å²) in [5.41, 5.74) is 0. The van der Waals surface area contributed by atoms with E-state index in [1.807, 2.05) is 0 Å². The summed E-state index contributed by atoms with van der Waals surface area (Å²) in [5, 5.41) is 2.27. The lowest BCUT2D eigenvalue weighted by molar-refractivity contribution is -0.126. The van der Waals surface area contributed by atoms with Crippen molar-refractivity contribution in [3.63, 3.8) is 0 Å². The van der Waals surface area contributed by atoms with Gasteiger partial charge in [-0.25, -0.2) is 0 Å². The number of fused-ring (bicyclic) bond motifs is 1. The summed E-state index contributed by atoms with van der Waals surface area (Å²) in [4.78, 5) is 36.3. The third-order valence-corrected chi connectivity index (χ3v) is 3.26.